The molecule has 0 amide bonds. The highest BCUT2D eigenvalue weighted by Crippen LogP contribution is 2.00. The van der Waals surface area contributed by atoms with Gasteiger partial charge in [-0.25, -0.2) is 4.39 Å². The lowest BCUT2D eigenvalue weighted by Crippen LogP contribution is -1.81. The van der Waals surface area contributed by atoms with E-state index in [9.17, 15) is 4.39 Å². The summed E-state index contributed by atoms with van der Waals surface area (Å²) in [6.45, 7) is 0. The maximum absolute atomic E-state index is 12.5. The first-order valence-electron chi connectivity index (χ1n) is 2.89. The Bertz CT molecular complexity index is 264. The molecular formula is C7H5ClFNO. The van der Waals surface area contributed by atoms with Gasteiger partial charge in [0, 0.05) is 0 Å². The highest BCUT2D eigenvalue weighted by Gasteiger charge is 1.89. The lowest BCUT2D eigenvalue weighted by molar-refractivity contribution is 0.383. The second-order valence-electron chi connectivity index (χ2n) is 1.86. The van der Waals surface area contributed by atoms with Gasteiger partial charge in [0.2, 0.25) is 0 Å². The fourth-order valence-electron chi connectivity index (χ4n) is 0.668. The van der Waals surface area contributed by atoms with Crippen LogP contribution in [0.15, 0.2) is 29.4 Å². The molecule has 0 atom stereocenters. The van der Waals surface area contributed by atoms with Crippen LogP contribution in [-0.2, 0) is 4.39 Å². The number of rotatable bonds is 2. The number of halogens is 2. The first-order valence-corrected chi connectivity index (χ1v) is 3.20. The van der Waals surface area contributed by atoms with Crippen LogP contribution < -0.4 is 0 Å². The summed E-state index contributed by atoms with van der Waals surface area (Å²) >= 11 is 4.80. The number of hydrogen-bond donors (Lipinski definition) is 0. The van der Waals surface area contributed by atoms with Crippen LogP contribution in [0.4, 0.5) is 4.39 Å². The van der Waals surface area contributed by atoms with Gasteiger partial charge in [0.05, 0.1) is 6.21 Å². The van der Waals surface area contributed by atoms with Crippen molar-refractivity contribution in [2.24, 2.45) is 5.16 Å². The van der Waals surface area contributed by atoms with E-state index in [4.69, 9.17) is 11.9 Å². The van der Waals surface area contributed by atoms with Crippen LogP contribution >= 0.6 is 11.9 Å². The Kier molecular flexibility index (Phi) is 2.86. The number of hydrogen-bond acceptors (Lipinski definition) is 2. The van der Waals surface area contributed by atoms with Crippen LogP contribution in [0, 0.1) is 5.82 Å². The van der Waals surface area contributed by atoms with Gasteiger partial charge in [-0.3, -0.25) is 4.39 Å². The van der Waals surface area contributed by atoms with Crippen molar-refractivity contribution in [2.75, 3.05) is 0 Å². The molecule has 0 aliphatic rings. The van der Waals surface area contributed by atoms with Gasteiger partial charge < -0.3 is 0 Å². The summed E-state index contributed by atoms with van der Waals surface area (Å²) in [5.74, 6) is -0.316. The molecule has 0 saturated heterocycles. The number of oxime groups is 1. The maximum Gasteiger partial charge on any atom is 0.167 e. The summed E-state index contributed by atoms with van der Waals surface area (Å²) in [6, 6.07) is 5.92. The van der Waals surface area contributed by atoms with E-state index < -0.39 is 0 Å². The quantitative estimate of drug-likeness (QED) is 0.497. The van der Waals surface area contributed by atoms with Gasteiger partial charge in [0.1, 0.15) is 5.82 Å². The highest BCUT2D eigenvalue weighted by atomic mass is 35.5. The first-order chi connectivity index (χ1) is 5.33. The fraction of sp³-hybridized carbons (Fsp3) is 0. The predicted octanol–water partition coefficient (Wildman–Crippen LogP) is 2.33. The summed E-state index contributed by atoms with van der Waals surface area (Å²) in [5, 5.41) is 3.26. The Morgan fingerprint density at radius 3 is 3.00 bits per heavy atom. The van der Waals surface area contributed by atoms with Gasteiger partial charge in [-0.2, -0.15) is 0 Å². The highest BCUT2D eigenvalue weighted by molar-refractivity contribution is 6.07. The third-order valence-electron chi connectivity index (χ3n) is 1.09. The summed E-state index contributed by atoms with van der Waals surface area (Å²) in [6.07, 6.45) is 1.32. The molecule has 0 radical (unpaired) electrons. The molecule has 2 nitrogen and oxygen atoms in total. The zero-order valence-electron chi connectivity index (χ0n) is 5.50. The molecule has 0 heterocycles. The fourth-order valence-corrected chi connectivity index (χ4v) is 0.708. The number of benzene rings is 1. The van der Waals surface area contributed by atoms with Crippen molar-refractivity contribution in [2.45, 2.75) is 0 Å². The molecule has 58 valence electrons. The average molecular weight is 174 g/mol. The molecule has 1 aromatic rings. The summed E-state index contributed by atoms with van der Waals surface area (Å²) in [7, 11) is 0. The largest absolute Gasteiger partial charge is 0.277 e. The summed E-state index contributed by atoms with van der Waals surface area (Å²) in [5.41, 5.74) is 0.602. The Balaban J connectivity index is 2.79. The van der Waals surface area contributed by atoms with Gasteiger partial charge in [-0.05, 0) is 17.7 Å². The molecule has 1 aromatic carbocycles. The summed E-state index contributed by atoms with van der Waals surface area (Å²) in [4.78, 5) is 0. The summed E-state index contributed by atoms with van der Waals surface area (Å²) < 4.78 is 16.4. The van der Waals surface area contributed by atoms with Crippen LogP contribution in [0.2, 0.25) is 0 Å². The first kappa shape index (κ1) is 8.01. The van der Waals surface area contributed by atoms with E-state index in [-0.39, 0.29) is 5.82 Å². The topological polar surface area (TPSA) is 21.6 Å². The van der Waals surface area contributed by atoms with Crippen LogP contribution in [0.25, 0.3) is 0 Å². The van der Waals surface area contributed by atoms with Crippen molar-refractivity contribution >= 4 is 18.1 Å². The van der Waals surface area contributed by atoms with E-state index in [2.05, 4.69) is 9.55 Å². The van der Waals surface area contributed by atoms with E-state index in [0.29, 0.717) is 5.56 Å². The third-order valence-corrected chi connectivity index (χ3v) is 1.17. The second-order valence-corrected chi connectivity index (χ2v) is 2.00. The normalized spacial score (nSPS) is 10.4. The minimum Gasteiger partial charge on any atom is -0.277 e. The molecule has 0 fully saturated rings. The molecular weight excluding hydrogens is 169 g/mol. The van der Waals surface area contributed by atoms with Crippen molar-refractivity contribution in [3.8, 4) is 0 Å². The minimum absolute atomic E-state index is 0.316. The van der Waals surface area contributed by atoms with Crippen LogP contribution in [0.1, 0.15) is 5.56 Å². The van der Waals surface area contributed by atoms with Crippen LogP contribution in [-0.4, -0.2) is 6.21 Å². The Labute approximate surface area is 68.4 Å². The molecule has 0 unspecified atom stereocenters. The molecule has 0 spiro atoms. The zero-order chi connectivity index (χ0) is 8.10. The van der Waals surface area contributed by atoms with Crippen LogP contribution in [0.3, 0.4) is 0 Å². The van der Waals surface area contributed by atoms with E-state index in [1.54, 1.807) is 12.1 Å². The molecule has 4 heteroatoms. The van der Waals surface area contributed by atoms with Crippen molar-refractivity contribution in [3.63, 3.8) is 0 Å². The Morgan fingerprint density at radius 2 is 2.36 bits per heavy atom. The third kappa shape index (κ3) is 2.55. The van der Waals surface area contributed by atoms with Crippen molar-refractivity contribution in [3.05, 3.63) is 35.6 Å². The maximum atomic E-state index is 12.5. The van der Waals surface area contributed by atoms with E-state index in [0.717, 1.165) is 0 Å². The molecule has 0 aliphatic heterocycles. The van der Waals surface area contributed by atoms with Gasteiger partial charge in [0.25, 0.3) is 0 Å². The van der Waals surface area contributed by atoms with Crippen molar-refractivity contribution in [1.82, 2.24) is 0 Å². The Hall–Kier alpha value is -1.09. The molecule has 1 rings (SSSR count). The van der Waals surface area contributed by atoms with Crippen molar-refractivity contribution in [1.29, 1.82) is 0 Å². The lowest BCUT2D eigenvalue weighted by atomic mass is 10.2. The standard InChI is InChI=1S/C7H5ClFNO/c8-11-10-5-6-2-1-3-7(9)4-6/h1-5H. The van der Waals surface area contributed by atoms with E-state index >= 15 is 0 Å². The number of nitrogens with zero attached hydrogens (tertiary/aromatic N) is 1. The molecule has 0 saturated carbocycles. The zero-order valence-corrected chi connectivity index (χ0v) is 6.25. The average Bonchev–Trinajstić information content (AvgIpc) is 2.01. The van der Waals surface area contributed by atoms with Crippen molar-refractivity contribution < 1.29 is 8.78 Å². The van der Waals surface area contributed by atoms with Gasteiger partial charge in [-0.15, -0.1) is 0 Å². The minimum atomic E-state index is -0.316. The second kappa shape index (κ2) is 3.93. The van der Waals surface area contributed by atoms with Gasteiger partial charge >= 0.3 is 0 Å². The molecule has 0 bridgehead atoms. The van der Waals surface area contributed by atoms with Gasteiger partial charge in [0.15, 0.2) is 11.9 Å². The van der Waals surface area contributed by atoms with E-state index in [1.807, 2.05) is 0 Å². The predicted molar refractivity (Wildman–Crippen MR) is 40.9 cm³/mol. The lowest BCUT2D eigenvalue weighted by Gasteiger charge is -1.89. The molecule has 0 aromatic heterocycles. The van der Waals surface area contributed by atoms with Crippen LogP contribution in [0.5, 0.6) is 0 Å². The Morgan fingerprint density at radius 1 is 1.55 bits per heavy atom. The SMILES string of the molecule is Fc1cccc(C=NOCl)c1. The van der Waals surface area contributed by atoms with Gasteiger partial charge in [-0.1, -0.05) is 17.3 Å². The molecule has 0 N–H and O–H groups in total. The van der Waals surface area contributed by atoms with E-state index in [1.165, 1.54) is 18.3 Å². The molecule has 11 heavy (non-hydrogen) atoms. The molecule has 0 aliphatic carbocycles. The monoisotopic (exact) mass is 173 g/mol. The smallest absolute Gasteiger partial charge is 0.167 e.